The van der Waals surface area contributed by atoms with Crippen molar-refractivity contribution >= 4 is 34.1 Å². The van der Waals surface area contributed by atoms with E-state index < -0.39 is 0 Å². The summed E-state index contributed by atoms with van der Waals surface area (Å²) in [6.07, 6.45) is 5.63. The van der Waals surface area contributed by atoms with E-state index >= 15 is 0 Å². The highest BCUT2D eigenvalue weighted by atomic mass is 32.2. The molecule has 0 aromatic carbocycles. The number of hydrogen-bond donors (Lipinski definition) is 1. The Labute approximate surface area is 171 Å². The number of piperazine rings is 1. The molecule has 2 aromatic rings. The summed E-state index contributed by atoms with van der Waals surface area (Å²) >= 11 is 2.73. The van der Waals surface area contributed by atoms with Gasteiger partial charge in [-0.1, -0.05) is 11.8 Å². The number of nitrogens with one attached hydrogen (secondary N) is 1. The van der Waals surface area contributed by atoms with Crippen LogP contribution in [0.25, 0.3) is 0 Å². The van der Waals surface area contributed by atoms with Crippen molar-refractivity contribution < 1.29 is 4.79 Å². The second kappa shape index (κ2) is 8.62. The molecular weight excluding hydrogens is 396 g/mol. The monoisotopic (exact) mass is 420 g/mol. The van der Waals surface area contributed by atoms with Crippen LogP contribution in [0.1, 0.15) is 24.1 Å². The third kappa shape index (κ3) is 4.23. The van der Waals surface area contributed by atoms with Gasteiger partial charge in [0.15, 0.2) is 5.13 Å². The Morgan fingerprint density at radius 3 is 2.79 bits per heavy atom. The van der Waals surface area contributed by atoms with Crippen LogP contribution in [0, 0.1) is 0 Å². The van der Waals surface area contributed by atoms with Crippen molar-refractivity contribution in [3.63, 3.8) is 0 Å². The molecule has 1 aliphatic carbocycles. The summed E-state index contributed by atoms with van der Waals surface area (Å²) in [5, 5.41) is 8.02. The molecule has 1 N–H and O–H groups in total. The van der Waals surface area contributed by atoms with Crippen LogP contribution in [0.15, 0.2) is 21.4 Å². The fourth-order valence-electron chi connectivity index (χ4n) is 3.65. The molecule has 0 spiro atoms. The summed E-state index contributed by atoms with van der Waals surface area (Å²) in [5.41, 5.74) is 1.99. The van der Waals surface area contributed by atoms with E-state index in [1.807, 2.05) is 5.38 Å². The van der Waals surface area contributed by atoms with Gasteiger partial charge in [0.25, 0.3) is 0 Å². The standard InChI is InChI=1S/C18H24N6O2S2/c1-22-7-9-23(10-8-22)24-14-5-3-2-4-13(14)16(21-18(24)26)28-12-15(25)20-17-19-6-11-27-17/h6,11H,2-5,7-10,12H2,1H3,(H,19,20,25). The zero-order chi connectivity index (χ0) is 19.5. The molecule has 4 rings (SSSR count). The molecule has 1 fully saturated rings. The second-order valence-electron chi connectivity index (χ2n) is 7.07. The molecule has 1 amide bonds. The predicted molar refractivity (Wildman–Crippen MR) is 112 cm³/mol. The maximum Gasteiger partial charge on any atom is 0.367 e. The van der Waals surface area contributed by atoms with E-state index in [4.69, 9.17) is 0 Å². The van der Waals surface area contributed by atoms with Crippen LogP contribution in [0.2, 0.25) is 0 Å². The van der Waals surface area contributed by atoms with Crippen LogP contribution in [-0.2, 0) is 17.6 Å². The molecule has 10 heteroatoms. The van der Waals surface area contributed by atoms with Crippen LogP contribution in [0.4, 0.5) is 5.13 Å². The highest BCUT2D eigenvalue weighted by Crippen LogP contribution is 2.28. The minimum atomic E-state index is -0.229. The van der Waals surface area contributed by atoms with Gasteiger partial charge in [0.05, 0.1) is 11.4 Å². The molecule has 2 aliphatic rings. The van der Waals surface area contributed by atoms with E-state index in [-0.39, 0.29) is 17.3 Å². The summed E-state index contributed by atoms with van der Waals surface area (Å²) in [7, 11) is 2.10. The molecule has 3 heterocycles. The number of rotatable bonds is 5. The fraction of sp³-hybridized carbons (Fsp3) is 0.556. The van der Waals surface area contributed by atoms with Crippen molar-refractivity contribution in [1.29, 1.82) is 0 Å². The highest BCUT2D eigenvalue weighted by molar-refractivity contribution is 8.00. The van der Waals surface area contributed by atoms with Crippen molar-refractivity contribution in [2.75, 3.05) is 49.3 Å². The van der Waals surface area contributed by atoms with Crippen LogP contribution >= 0.6 is 23.1 Å². The maximum atomic E-state index is 12.9. The molecule has 0 radical (unpaired) electrons. The number of hydrogen-bond acceptors (Lipinski definition) is 8. The normalized spacial score (nSPS) is 17.4. The number of aromatic nitrogens is 3. The Balaban J connectivity index is 1.54. The van der Waals surface area contributed by atoms with Crippen molar-refractivity contribution in [3.05, 3.63) is 33.3 Å². The first-order chi connectivity index (χ1) is 13.6. The first-order valence-electron chi connectivity index (χ1n) is 9.52. The van der Waals surface area contributed by atoms with Gasteiger partial charge in [0.2, 0.25) is 5.91 Å². The van der Waals surface area contributed by atoms with E-state index in [1.165, 1.54) is 23.1 Å². The van der Waals surface area contributed by atoms with Crippen molar-refractivity contribution in [3.8, 4) is 0 Å². The number of thiazole rings is 1. The number of anilines is 1. The van der Waals surface area contributed by atoms with Gasteiger partial charge < -0.3 is 15.2 Å². The summed E-state index contributed by atoms with van der Waals surface area (Å²) in [4.78, 5) is 35.8. The molecule has 0 saturated carbocycles. The molecule has 0 bridgehead atoms. The van der Waals surface area contributed by atoms with Crippen LogP contribution in [0.3, 0.4) is 0 Å². The summed E-state index contributed by atoms with van der Waals surface area (Å²) in [6.45, 7) is 3.53. The van der Waals surface area contributed by atoms with Gasteiger partial charge in [-0.2, -0.15) is 4.98 Å². The number of fused-ring (bicyclic) bond motifs is 1. The largest absolute Gasteiger partial charge is 0.367 e. The maximum absolute atomic E-state index is 12.9. The molecule has 1 saturated heterocycles. The van der Waals surface area contributed by atoms with Crippen LogP contribution in [0.5, 0.6) is 0 Å². The average molecular weight is 421 g/mol. The van der Waals surface area contributed by atoms with Crippen molar-refractivity contribution in [2.24, 2.45) is 0 Å². The number of carbonyl (C=O) groups excluding carboxylic acids is 1. The fourth-order valence-corrected chi connectivity index (χ4v) is 5.07. The van der Waals surface area contributed by atoms with Gasteiger partial charge in [-0.05, 0) is 32.7 Å². The quantitative estimate of drug-likeness (QED) is 0.575. The lowest BCUT2D eigenvalue weighted by Crippen LogP contribution is -2.54. The molecular formula is C18H24N6O2S2. The lowest BCUT2D eigenvalue weighted by atomic mass is 9.97. The molecule has 0 unspecified atom stereocenters. The lowest BCUT2D eigenvalue weighted by molar-refractivity contribution is -0.113. The molecule has 0 atom stereocenters. The first kappa shape index (κ1) is 19.4. The Morgan fingerprint density at radius 1 is 1.25 bits per heavy atom. The Bertz CT molecular complexity index is 890. The van der Waals surface area contributed by atoms with Gasteiger partial charge in [0.1, 0.15) is 5.03 Å². The predicted octanol–water partition coefficient (Wildman–Crippen LogP) is 1.19. The summed E-state index contributed by atoms with van der Waals surface area (Å²) in [5.74, 6) is 0.0892. The SMILES string of the molecule is CN1CCN(n2c3c(c(SCC(=O)Nc4nccs4)nc2=O)CCCC3)CC1. The van der Waals surface area contributed by atoms with E-state index in [0.29, 0.717) is 10.2 Å². The Kier molecular flexibility index (Phi) is 5.98. The first-order valence-corrected chi connectivity index (χ1v) is 11.4. The third-order valence-corrected chi connectivity index (χ3v) is 6.82. The number of thioether (sulfide) groups is 1. The molecule has 1 aliphatic heterocycles. The van der Waals surface area contributed by atoms with Crippen molar-refractivity contribution in [1.82, 2.24) is 19.5 Å². The van der Waals surface area contributed by atoms with E-state index in [9.17, 15) is 9.59 Å². The number of carbonyl (C=O) groups is 1. The molecule has 8 nitrogen and oxygen atoms in total. The Hall–Kier alpha value is -1.91. The third-order valence-electron chi connectivity index (χ3n) is 5.11. The zero-order valence-corrected chi connectivity index (χ0v) is 17.5. The van der Waals surface area contributed by atoms with E-state index in [1.54, 1.807) is 10.9 Å². The van der Waals surface area contributed by atoms with Gasteiger partial charge in [-0.3, -0.25) is 4.79 Å². The summed E-state index contributed by atoms with van der Waals surface area (Å²) in [6, 6.07) is 0. The minimum absolute atomic E-state index is 0.130. The minimum Gasteiger partial charge on any atom is -0.306 e. The van der Waals surface area contributed by atoms with Crippen LogP contribution in [-0.4, -0.2) is 64.4 Å². The van der Waals surface area contributed by atoms with E-state index in [2.05, 4.69) is 32.2 Å². The number of likely N-dealkylation sites (N-methyl/N-ethyl adjacent to an activating group) is 1. The average Bonchev–Trinajstić information content (AvgIpc) is 3.20. The topological polar surface area (TPSA) is 83.4 Å². The van der Waals surface area contributed by atoms with Gasteiger partial charge in [0, 0.05) is 43.3 Å². The van der Waals surface area contributed by atoms with Crippen LogP contribution < -0.4 is 16.0 Å². The smallest absolute Gasteiger partial charge is 0.306 e. The number of amides is 1. The van der Waals surface area contributed by atoms with Gasteiger partial charge in [-0.25, -0.2) is 14.5 Å². The van der Waals surface area contributed by atoms with Gasteiger partial charge >= 0.3 is 5.69 Å². The number of nitrogens with zero attached hydrogens (tertiary/aromatic N) is 5. The highest BCUT2D eigenvalue weighted by Gasteiger charge is 2.25. The Morgan fingerprint density at radius 2 is 2.04 bits per heavy atom. The van der Waals surface area contributed by atoms with Crippen molar-refractivity contribution in [2.45, 2.75) is 30.7 Å². The van der Waals surface area contributed by atoms with Gasteiger partial charge in [-0.15, -0.1) is 11.3 Å². The summed E-state index contributed by atoms with van der Waals surface area (Å²) < 4.78 is 1.81. The van der Waals surface area contributed by atoms with E-state index in [0.717, 1.165) is 63.1 Å². The molecule has 150 valence electrons. The molecule has 2 aromatic heterocycles. The molecule has 28 heavy (non-hydrogen) atoms. The lowest BCUT2D eigenvalue weighted by Gasteiger charge is -2.37. The second-order valence-corrected chi connectivity index (χ2v) is 8.93. The zero-order valence-electron chi connectivity index (χ0n) is 15.9.